The van der Waals surface area contributed by atoms with Gasteiger partial charge in [0.05, 0.1) is 6.61 Å². The van der Waals surface area contributed by atoms with E-state index in [1.54, 1.807) is 12.1 Å². The Kier molecular flexibility index (Phi) is 3.02. The number of ketones is 1. The monoisotopic (exact) mass is 239 g/mol. The minimum absolute atomic E-state index is 0.0908. The fourth-order valence-corrected chi connectivity index (χ4v) is 1.96. The fourth-order valence-electron chi connectivity index (χ4n) is 1.78. The number of halogens is 1. The van der Waals surface area contributed by atoms with Crippen molar-refractivity contribution in [1.82, 2.24) is 0 Å². The lowest BCUT2D eigenvalue weighted by Gasteiger charge is -2.20. The average Bonchev–Trinajstić information content (AvgIpc) is 2.70. The van der Waals surface area contributed by atoms with Gasteiger partial charge in [-0.2, -0.15) is 0 Å². The summed E-state index contributed by atoms with van der Waals surface area (Å²) in [6.45, 7) is 2.73. The van der Waals surface area contributed by atoms with Crippen LogP contribution in [0.3, 0.4) is 0 Å². The van der Waals surface area contributed by atoms with Crippen LogP contribution in [0.5, 0.6) is 0 Å². The molecule has 1 aliphatic heterocycles. The molecule has 0 aliphatic carbocycles. The molecule has 1 aromatic carbocycles. The van der Waals surface area contributed by atoms with E-state index in [0.717, 1.165) is 5.56 Å². The molecule has 1 aliphatic rings. The Morgan fingerprint density at radius 1 is 1.56 bits per heavy atom. The second-order valence-electron chi connectivity index (χ2n) is 4.25. The van der Waals surface area contributed by atoms with E-state index in [0.29, 0.717) is 23.6 Å². The fraction of sp³-hybridized carbons (Fsp3) is 0.417. The summed E-state index contributed by atoms with van der Waals surface area (Å²) in [6.07, 6.45) is 0.567. The number of hydrogen-bond donors (Lipinski definition) is 1. The van der Waals surface area contributed by atoms with E-state index in [1.165, 1.54) is 0 Å². The van der Waals surface area contributed by atoms with Crippen LogP contribution in [0.2, 0.25) is 5.02 Å². The lowest BCUT2D eigenvalue weighted by Crippen LogP contribution is -2.48. The van der Waals surface area contributed by atoms with Crippen molar-refractivity contribution in [2.75, 3.05) is 13.2 Å². The number of benzene rings is 1. The summed E-state index contributed by atoms with van der Waals surface area (Å²) in [4.78, 5) is 12.2. The van der Waals surface area contributed by atoms with Gasteiger partial charge in [0.15, 0.2) is 5.78 Å². The molecule has 0 amide bonds. The molecular formula is C12H14ClNO2. The Labute approximate surface area is 99.5 Å². The molecule has 1 saturated heterocycles. The third-order valence-electron chi connectivity index (χ3n) is 2.94. The predicted molar refractivity (Wildman–Crippen MR) is 62.9 cm³/mol. The zero-order chi connectivity index (χ0) is 11.8. The molecule has 2 rings (SSSR count). The number of nitrogens with two attached hydrogens (primary N) is 1. The summed E-state index contributed by atoms with van der Waals surface area (Å²) >= 11 is 5.99. The van der Waals surface area contributed by atoms with E-state index >= 15 is 0 Å². The zero-order valence-electron chi connectivity index (χ0n) is 9.13. The quantitative estimate of drug-likeness (QED) is 0.803. The molecule has 1 fully saturated rings. The second-order valence-corrected chi connectivity index (χ2v) is 4.66. The van der Waals surface area contributed by atoms with Gasteiger partial charge in [0, 0.05) is 17.2 Å². The summed E-state index contributed by atoms with van der Waals surface area (Å²) in [7, 11) is 0. The highest BCUT2D eigenvalue weighted by Gasteiger charge is 2.38. The smallest absolute Gasteiger partial charge is 0.185 e. The minimum atomic E-state index is -0.876. The standard InChI is InChI=1S/C12H14ClNO2/c1-8-2-3-9(6-10(8)13)11(15)12(14)4-5-16-7-12/h2-3,6H,4-5,7,14H2,1H3. The first-order chi connectivity index (χ1) is 7.53. The van der Waals surface area contributed by atoms with Crippen LogP contribution in [-0.4, -0.2) is 24.5 Å². The van der Waals surface area contributed by atoms with Crippen LogP contribution < -0.4 is 5.73 Å². The molecule has 0 aromatic heterocycles. The summed E-state index contributed by atoms with van der Waals surface area (Å²) < 4.78 is 5.18. The molecule has 0 spiro atoms. The van der Waals surface area contributed by atoms with Crippen LogP contribution in [0.1, 0.15) is 22.3 Å². The minimum Gasteiger partial charge on any atom is -0.379 e. The van der Waals surface area contributed by atoms with E-state index in [1.807, 2.05) is 13.0 Å². The summed E-state index contributed by atoms with van der Waals surface area (Å²) in [5, 5.41) is 0.591. The first-order valence-electron chi connectivity index (χ1n) is 5.20. The van der Waals surface area contributed by atoms with E-state index in [9.17, 15) is 4.79 Å². The van der Waals surface area contributed by atoms with E-state index in [2.05, 4.69) is 0 Å². The molecule has 1 unspecified atom stereocenters. The number of carbonyl (C=O) groups excluding carboxylic acids is 1. The maximum absolute atomic E-state index is 12.2. The number of Topliss-reactive ketones (excluding diaryl/α,β-unsaturated/α-hetero) is 1. The Hall–Kier alpha value is -0.900. The van der Waals surface area contributed by atoms with Gasteiger partial charge in [0.1, 0.15) is 5.54 Å². The third kappa shape index (κ3) is 1.98. The van der Waals surface area contributed by atoms with Gasteiger partial charge in [-0.3, -0.25) is 4.79 Å². The van der Waals surface area contributed by atoms with Crippen LogP contribution in [0.4, 0.5) is 0 Å². The first kappa shape index (κ1) is 11.6. The molecule has 3 nitrogen and oxygen atoms in total. The number of carbonyl (C=O) groups is 1. The van der Waals surface area contributed by atoms with Gasteiger partial charge in [0.25, 0.3) is 0 Å². The van der Waals surface area contributed by atoms with Gasteiger partial charge in [-0.15, -0.1) is 0 Å². The first-order valence-corrected chi connectivity index (χ1v) is 5.58. The topological polar surface area (TPSA) is 52.3 Å². The zero-order valence-corrected chi connectivity index (χ0v) is 9.88. The SMILES string of the molecule is Cc1ccc(C(=O)C2(N)CCOC2)cc1Cl. The van der Waals surface area contributed by atoms with E-state index in [-0.39, 0.29) is 12.4 Å². The molecular weight excluding hydrogens is 226 g/mol. The maximum Gasteiger partial charge on any atom is 0.185 e. The molecule has 2 N–H and O–H groups in total. The normalized spacial score (nSPS) is 24.7. The van der Waals surface area contributed by atoms with Crippen LogP contribution in [0, 0.1) is 6.92 Å². The molecule has 0 radical (unpaired) electrons. The molecule has 4 heteroatoms. The van der Waals surface area contributed by atoms with Gasteiger partial charge >= 0.3 is 0 Å². The lowest BCUT2D eigenvalue weighted by atomic mass is 9.89. The molecule has 0 saturated carbocycles. The maximum atomic E-state index is 12.2. The predicted octanol–water partition coefficient (Wildman–Crippen LogP) is 1.95. The van der Waals surface area contributed by atoms with Gasteiger partial charge in [-0.05, 0) is 25.0 Å². The molecule has 0 bridgehead atoms. The molecule has 1 atom stereocenters. The van der Waals surface area contributed by atoms with E-state index in [4.69, 9.17) is 22.1 Å². The average molecular weight is 240 g/mol. The number of ether oxygens (including phenoxy) is 1. The summed E-state index contributed by atoms with van der Waals surface area (Å²) in [5.74, 6) is -0.0908. The van der Waals surface area contributed by atoms with Crippen molar-refractivity contribution in [3.63, 3.8) is 0 Å². The highest BCUT2D eigenvalue weighted by Crippen LogP contribution is 2.24. The van der Waals surface area contributed by atoms with Crippen molar-refractivity contribution in [2.24, 2.45) is 5.73 Å². The molecule has 86 valence electrons. The highest BCUT2D eigenvalue weighted by molar-refractivity contribution is 6.31. The lowest BCUT2D eigenvalue weighted by molar-refractivity contribution is 0.0863. The van der Waals surface area contributed by atoms with E-state index < -0.39 is 5.54 Å². The Balaban J connectivity index is 2.30. The van der Waals surface area contributed by atoms with Crippen molar-refractivity contribution in [3.05, 3.63) is 34.3 Å². The summed E-state index contributed by atoms with van der Waals surface area (Å²) in [5.41, 5.74) is 6.64. The van der Waals surface area contributed by atoms with Crippen LogP contribution in [0.25, 0.3) is 0 Å². The van der Waals surface area contributed by atoms with Crippen LogP contribution >= 0.6 is 11.6 Å². The highest BCUT2D eigenvalue weighted by atomic mass is 35.5. The van der Waals surface area contributed by atoms with Gasteiger partial charge in [-0.1, -0.05) is 23.7 Å². The number of hydrogen-bond acceptors (Lipinski definition) is 3. The van der Waals surface area contributed by atoms with Crippen molar-refractivity contribution in [3.8, 4) is 0 Å². The Morgan fingerprint density at radius 2 is 2.31 bits per heavy atom. The molecule has 16 heavy (non-hydrogen) atoms. The van der Waals surface area contributed by atoms with Gasteiger partial charge in [-0.25, -0.2) is 0 Å². The number of rotatable bonds is 2. The summed E-state index contributed by atoms with van der Waals surface area (Å²) in [6, 6.07) is 5.26. The second kappa shape index (κ2) is 4.17. The largest absolute Gasteiger partial charge is 0.379 e. The van der Waals surface area contributed by atoms with Crippen LogP contribution in [0.15, 0.2) is 18.2 Å². The Morgan fingerprint density at radius 3 is 2.88 bits per heavy atom. The van der Waals surface area contributed by atoms with Crippen molar-refractivity contribution < 1.29 is 9.53 Å². The number of aryl methyl sites for hydroxylation is 1. The van der Waals surface area contributed by atoms with Crippen molar-refractivity contribution in [1.29, 1.82) is 0 Å². The van der Waals surface area contributed by atoms with Crippen LogP contribution in [-0.2, 0) is 4.74 Å². The van der Waals surface area contributed by atoms with Gasteiger partial charge in [0.2, 0.25) is 0 Å². The third-order valence-corrected chi connectivity index (χ3v) is 3.35. The Bertz CT molecular complexity index is 425. The van der Waals surface area contributed by atoms with Crippen molar-refractivity contribution >= 4 is 17.4 Å². The molecule has 1 heterocycles. The van der Waals surface area contributed by atoms with Crippen molar-refractivity contribution in [2.45, 2.75) is 18.9 Å². The molecule has 1 aromatic rings. The van der Waals surface area contributed by atoms with Gasteiger partial charge < -0.3 is 10.5 Å².